The van der Waals surface area contributed by atoms with Crippen molar-refractivity contribution in [3.8, 4) is 5.75 Å². The number of hydrogen-bond acceptors (Lipinski definition) is 5. The highest BCUT2D eigenvalue weighted by molar-refractivity contribution is 6.31. The smallest absolute Gasteiger partial charge is 0.343 e. The lowest BCUT2D eigenvalue weighted by molar-refractivity contribution is -0.120. The Balaban J connectivity index is 1.55. The maximum Gasteiger partial charge on any atom is 0.343 e. The van der Waals surface area contributed by atoms with Crippen LogP contribution in [0, 0.1) is 0 Å². The molecule has 3 aromatic rings. The fourth-order valence-corrected chi connectivity index (χ4v) is 2.85. The van der Waals surface area contributed by atoms with Crippen molar-refractivity contribution in [3.05, 3.63) is 99.5 Å². The van der Waals surface area contributed by atoms with Crippen LogP contribution in [0.25, 0.3) is 0 Å². The lowest BCUT2D eigenvalue weighted by atomic mass is 10.2. The van der Waals surface area contributed by atoms with Crippen molar-refractivity contribution in [2.24, 2.45) is 5.10 Å². The van der Waals surface area contributed by atoms with Gasteiger partial charge in [-0.2, -0.15) is 5.10 Å². The van der Waals surface area contributed by atoms with Crippen molar-refractivity contribution in [2.45, 2.75) is 0 Å². The van der Waals surface area contributed by atoms with Gasteiger partial charge in [-0.1, -0.05) is 41.4 Å². The van der Waals surface area contributed by atoms with Gasteiger partial charge in [0.15, 0.2) is 0 Å². The summed E-state index contributed by atoms with van der Waals surface area (Å²) in [5.74, 6) is -1.27. The molecule has 0 aliphatic rings. The number of esters is 1. The number of hydrazone groups is 1. The first kappa shape index (κ1) is 23.0. The van der Waals surface area contributed by atoms with Crippen molar-refractivity contribution in [2.75, 3.05) is 6.54 Å². The number of rotatable bonds is 7. The van der Waals surface area contributed by atoms with E-state index in [0.717, 1.165) is 0 Å². The fraction of sp³-hybridized carbons (Fsp3) is 0.0435. The summed E-state index contributed by atoms with van der Waals surface area (Å²) in [5.41, 5.74) is 3.45. The third-order valence-corrected chi connectivity index (χ3v) is 4.58. The Bertz CT molecular complexity index is 1160. The maximum atomic E-state index is 12.3. The van der Waals surface area contributed by atoms with E-state index in [2.05, 4.69) is 15.8 Å². The molecule has 2 amide bonds. The van der Waals surface area contributed by atoms with Gasteiger partial charge in [0, 0.05) is 21.2 Å². The summed E-state index contributed by atoms with van der Waals surface area (Å²) < 4.78 is 5.41. The van der Waals surface area contributed by atoms with Gasteiger partial charge in [0.1, 0.15) is 5.75 Å². The van der Waals surface area contributed by atoms with Gasteiger partial charge < -0.3 is 10.1 Å². The van der Waals surface area contributed by atoms with E-state index in [-0.39, 0.29) is 12.3 Å². The topological polar surface area (TPSA) is 96.9 Å². The van der Waals surface area contributed by atoms with Crippen molar-refractivity contribution < 1.29 is 19.1 Å². The summed E-state index contributed by atoms with van der Waals surface area (Å²) >= 11 is 11.7. The molecule has 0 aromatic heterocycles. The van der Waals surface area contributed by atoms with Crippen LogP contribution in [0.1, 0.15) is 26.3 Å². The number of carbonyl (C=O) groups is 3. The summed E-state index contributed by atoms with van der Waals surface area (Å²) in [4.78, 5) is 36.3. The third-order valence-electron chi connectivity index (χ3n) is 4.09. The molecule has 32 heavy (non-hydrogen) atoms. The maximum absolute atomic E-state index is 12.3. The lowest BCUT2D eigenvalue weighted by Gasteiger charge is -2.07. The third kappa shape index (κ3) is 6.66. The number of halogens is 2. The molecule has 0 radical (unpaired) electrons. The normalized spacial score (nSPS) is 10.6. The molecular formula is C23H17Cl2N3O4. The van der Waals surface area contributed by atoms with E-state index >= 15 is 0 Å². The first-order chi connectivity index (χ1) is 15.4. The molecule has 3 aromatic carbocycles. The number of para-hydroxylation sites is 1. The van der Waals surface area contributed by atoms with E-state index in [4.69, 9.17) is 27.9 Å². The molecule has 2 N–H and O–H groups in total. The number of hydrogen-bond donors (Lipinski definition) is 2. The van der Waals surface area contributed by atoms with Crippen molar-refractivity contribution in [1.29, 1.82) is 0 Å². The van der Waals surface area contributed by atoms with E-state index in [1.165, 1.54) is 12.3 Å². The monoisotopic (exact) mass is 469 g/mol. The van der Waals surface area contributed by atoms with Crippen molar-refractivity contribution in [3.63, 3.8) is 0 Å². The summed E-state index contributed by atoms with van der Waals surface area (Å²) in [5, 5.41) is 7.25. The Morgan fingerprint density at radius 1 is 0.875 bits per heavy atom. The highest BCUT2D eigenvalue weighted by Gasteiger charge is 2.11. The SMILES string of the molecule is O=C(CNC(=O)c1cccc(Cl)c1)NN=Cc1ccccc1OC(=O)c1ccc(Cl)cc1. The quantitative estimate of drug-likeness (QED) is 0.235. The van der Waals surface area contributed by atoms with E-state index in [0.29, 0.717) is 26.7 Å². The summed E-state index contributed by atoms with van der Waals surface area (Å²) in [6.45, 7) is -0.282. The highest BCUT2D eigenvalue weighted by Crippen LogP contribution is 2.18. The zero-order valence-corrected chi connectivity index (χ0v) is 18.1. The zero-order valence-electron chi connectivity index (χ0n) is 16.5. The molecular weight excluding hydrogens is 453 g/mol. The average Bonchev–Trinajstić information content (AvgIpc) is 2.79. The van der Waals surface area contributed by atoms with E-state index in [9.17, 15) is 14.4 Å². The number of carbonyl (C=O) groups excluding carboxylic acids is 3. The van der Waals surface area contributed by atoms with Crippen LogP contribution in [0.4, 0.5) is 0 Å². The summed E-state index contributed by atoms with van der Waals surface area (Å²) in [6, 6.07) is 19.3. The first-order valence-corrected chi connectivity index (χ1v) is 10.1. The van der Waals surface area contributed by atoms with Gasteiger partial charge in [-0.15, -0.1) is 0 Å². The van der Waals surface area contributed by atoms with Gasteiger partial charge >= 0.3 is 5.97 Å². The minimum atomic E-state index is -0.560. The van der Waals surface area contributed by atoms with Crippen LogP contribution in [0.2, 0.25) is 10.0 Å². The lowest BCUT2D eigenvalue weighted by Crippen LogP contribution is -2.34. The molecule has 0 bridgehead atoms. The number of nitrogens with one attached hydrogen (secondary N) is 2. The molecule has 0 spiro atoms. The minimum Gasteiger partial charge on any atom is -0.422 e. The Hall–Kier alpha value is -3.68. The second-order valence-corrected chi connectivity index (χ2v) is 7.29. The van der Waals surface area contributed by atoms with Gasteiger partial charge in [-0.25, -0.2) is 10.2 Å². The molecule has 0 fully saturated rings. The highest BCUT2D eigenvalue weighted by atomic mass is 35.5. The van der Waals surface area contributed by atoms with Crippen LogP contribution in [-0.4, -0.2) is 30.5 Å². The van der Waals surface area contributed by atoms with Crippen LogP contribution in [-0.2, 0) is 4.79 Å². The second kappa shape index (κ2) is 11.1. The number of ether oxygens (including phenoxy) is 1. The summed E-state index contributed by atoms with van der Waals surface area (Å²) in [7, 11) is 0. The number of benzene rings is 3. The van der Waals surface area contributed by atoms with Crippen LogP contribution < -0.4 is 15.5 Å². The average molecular weight is 470 g/mol. The van der Waals surface area contributed by atoms with Crippen LogP contribution in [0.3, 0.4) is 0 Å². The Morgan fingerprint density at radius 2 is 1.62 bits per heavy atom. The van der Waals surface area contributed by atoms with Gasteiger partial charge in [-0.05, 0) is 54.6 Å². The number of nitrogens with zero attached hydrogens (tertiary/aromatic N) is 1. The Labute approximate surface area is 194 Å². The van der Waals surface area contributed by atoms with Crippen LogP contribution in [0.15, 0.2) is 77.9 Å². The second-order valence-electron chi connectivity index (χ2n) is 6.42. The molecule has 7 nitrogen and oxygen atoms in total. The molecule has 0 unspecified atom stereocenters. The first-order valence-electron chi connectivity index (χ1n) is 9.35. The van der Waals surface area contributed by atoms with E-state index < -0.39 is 17.8 Å². The van der Waals surface area contributed by atoms with Crippen LogP contribution in [0.5, 0.6) is 5.75 Å². The molecule has 0 aliphatic carbocycles. The Kier molecular flexibility index (Phi) is 7.96. The van der Waals surface area contributed by atoms with E-state index in [1.54, 1.807) is 66.7 Å². The predicted molar refractivity (Wildman–Crippen MR) is 122 cm³/mol. The zero-order chi connectivity index (χ0) is 22.9. The molecule has 0 saturated heterocycles. The standard InChI is InChI=1S/C23H17Cl2N3O4/c24-18-10-8-15(9-11-18)23(31)32-20-7-2-1-4-17(20)13-27-28-21(29)14-26-22(30)16-5-3-6-19(25)12-16/h1-13H,14H2,(H,26,30)(H,28,29). The molecule has 0 atom stereocenters. The van der Waals surface area contributed by atoms with E-state index in [1.807, 2.05) is 0 Å². The number of amides is 2. The molecule has 0 heterocycles. The molecule has 9 heteroatoms. The van der Waals surface area contributed by atoms with Crippen LogP contribution >= 0.6 is 23.2 Å². The summed E-state index contributed by atoms with van der Waals surface area (Å²) in [6.07, 6.45) is 1.33. The molecule has 0 saturated carbocycles. The largest absolute Gasteiger partial charge is 0.422 e. The van der Waals surface area contributed by atoms with Gasteiger partial charge in [0.2, 0.25) is 0 Å². The fourth-order valence-electron chi connectivity index (χ4n) is 2.53. The molecule has 3 rings (SSSR count). The molecule has 162 valence electrons. The van der Waals surface area contributed by atoms with Crippen molar-refractivity contribution >= 4 is 47.2 Å². The van der Waals surface area contributed by atoms with Gasteiger partial charge in [0.05, 0.1) is 18.3 Å². The molecule has 0 aliphatic heterocycles. The van der Waals surface area contributed by atoms with Gasteiger partial charge in [0.25, 0.3) is 11.8 Å². The Morgan fingerprint density at radius 3 is 2.38 bits per heavy atom. The predicted octanol–water partition coefficient (Wildman–Crippen LogP) is 4.09. The van der Waals surface area contributed by atoms with Crippen molar-refractivity contribution in [1.82, 2.24) is 10.7 Å². The van der Waals surface area contributed by atoms with Gasteiger partial charge in [-0.3, -0.25) is 9.59 Å². The minimum absolute atomic E-state index is 0.264.